The number of aryl methyl sites for hydroxylation is 2. The van der Waals surface area contributed by atoms with E-state index in [1.54, 1.807) is 11.3 Å². The van der Waals surface area contributed by atoms with Crippen molar-refractivity contribution in [1.82, 2.24) is 14.9 Å². The standard InChI is InChI=1S/C18H18ClN3OS/c1-22(9-11-5-7-12(19)8-6-11)10-15-20-17(23)16-13-3-2-4-14(13)24-18(16)21-15/h5-8H,2-4,9-10H2,1H3,(H,20,21,23). The van der Waals surface area contributed by atoms with Crippen LogP contribution in [0.3, 0.4) is 0 Å². The molecule has 24 heavy (non-hydrogen) atoms. The number of H-pyrrole nitrogens is 1. The van der Waals surface area contributed by atoms with Crippen LogP contribution < -0.4 is 5.56 Å². The number of halogens is 1. The fourth-order valence-corrected chi connectivity index (χ4v) is 4.74. The molecule has 0 aliphatic heterocycles. The molecular formula is C18H18ClN3OS. The molecule has 2 aromatic heterocycles. The average molecular weight is 360 g/mol. The van der Waals surface area contributed by atoms with Crippen molar-refractivity contribution in [3.63, 3.8) is 0 Å². The molecule has 1 aliphatic rings. The molecule has 0 spiro atoms. The zero-order chi connectivity index (χ0) is 16.7. The van der Waals surface area contributed by atoms with Crippen molar-refractivity contribution in [2.24, 2.45) is 0 Å². The number of hydrogen-bond donors (Lipinski definition) is 1. The van der Waals surface area contributed by atoms with Crippen molar-refractivity contribution >= 4 is 33.2 Å². The van der Waals surface area contributed by atoms with Gasteiger partial charge in [0.05, 0.1) is 11.9 Å². The van der Waals surface area contributed by atoms with Crippen LogP contribution in [-0.4, -0.2) is 21.9 Å². The van der Waals surface area contributed by atoms with E-state index >= 15 is 0 Å². The van der Waals surface area contributed by atoms with E-state index in [1.807, 2.05) is 31.3 Å². The number of aromatic amines is 1. The molecule has 1 aromatic carbocycles. The molecule has 4 nitrogen and oxygen atoms in total. The highest BCUT2D eigenvalue weighted by Gasteiger charge is 2.21. The van der Waals surface area contributed by atoms with Gasteiger partial charge in [0.15, 0.2) is 0 Å². The predicted octanol–water partition coefficient (Wildman–Crippen LogP) is 3.76. The number of fused-ring (bicyclic) bond motifs is 3. The number of nitrogens with one attached hydrogen (secondary N) is 1. The normalized spacial score (nSPS) is 13.8. The molecule has 0 bridgehead atoms. The Morgan fingerprint density at radius 1 is 1.25 bits per heavy atom. The number of thiophene rings is 1. The third-order valence-electron chi connectivity index (χ3n) is 4.41. The maximum absolute atomic E-state index is 12.5. The molecule has 2 heterocycles. The Kier molecular flexibility index (Phi) is 4.16. The summed E-state index contributed by atoms with van der Waals surface area (Å²) in [5.41, 5.74) is 2.42. The van der Waals surface area contributed by atoms with Crippen LogP contribution in [0.4, 0.5) is 0 Å². The molecule has 124 valence electrons. The summed E-state index contributed by atoms with van der Waals surface area (Å²) in [6.07, 6.45) is 3.25. The van der Waals surface area contributed by atoms with Gasteiger partial charge in [0.25, 0.3) is 5.56 Å². The summed E-state index contributed by atoms with van der Waals surface area (Å²) < 4.78 is 0. The fourth-order valence-electron chi connectivity index (χ4n) is 3.33. The second kappa shape index (κ2) is 6.31. The lowest BCUT2D eigenvalue weighted by molar-refractivity contribution is 0.311. The molecule has 0 unspecified atom stereocenters. The molecule has 1 N–H and O–H groups in total. The predicted molar refractivity (Wildman–Crippen MR) is 98.9 cm³/mol. The van der Waals surface area contributed by atoms with Crippen LogP contribution in [0.2, 0.25) is 5.02 Å². The molecule has 1 aliphatic carbocycles. The summed E-state index contributed by atoms with van der Waals surface area (Å²) >= 11 is 7.60. The van der Waals surface area contributed by atoms with Gasteiger partial charge in [-0.3, -0.25) is 9.69 Å². The quantitative estimate of drug-likeness (QED) is 0.771. The van der Waals surface area contributed by atoms with Crippen LogP contribution in [0.1, 0.15) is 28.2 Å². The van der Waals surface area contributed by atoms with E-state index in [-0.39, 0.29) is 5.56 Å². The lowest BCUT2D eigenvalue weighted by Crippen LogP contribution is -2.21. The van der Waals surface area contributed by atoms with E-state index in [2.05, 4.69) is 9.88 Å². The first-order chi connectivity index (χ1) is 11.6. The van der Waals surface area contributed by atoms with Gasteiger partial charge < -0.3 is 4.98 Å². The van der Waals surface area contributed by atoms with Crippen molar-refractivity contribution in [3.05, 3.63) is 61.5 Å². The van der Waals surface area contributed by atoms with Crippen molar-refractivity contribution in [3.8, 4) is 0 Å². The summed E-state index contributed by atoms with van der Waals surface area (Å²) in [5.74, 6) is 0.726. The molecule has 0 atom stereocenters. The van der Waals surface area contributed by atoms with Crippen molar-refractivity contribution in [2.45, 2.75) is 32.4 Å². The Hall–Kier alpha value is -1.69. The van der Waals surface area contributed by atoms with Gasteiger partial charge in [-0.05, 0) is 49.6 Å². The molecule has 0 fully saturated rings. The van der Waals surface area contributed by atoms with Crippen molar-refractivity contribution in [1.29, 1.82) is 0 Å². The first kappa shape index (κ1) is 15.8. The lowest BCUT2D eigenvalue weighted by atomic mass is 10.2. The zero-order valence-corrected chi connectivity index (χ0v) is 15.0. The molecule has 4 rings (SSSR count). The molecule has 0 amide bonds. The van der Waals surface area contributed by atoms with Crippen LogP contribution in [-0.2, 0) is 25.9 Å². The van der Waals surface area contributed by atoms with E-state index < -0.39 is 0 Å². The van der Waals surface area contributed by atoms with E-state index in [4.69, 9.17) is 16.6 Å². The Balaban J connectivity index is 1.56. The minimum Gasteiger partial charge on any atom is -0.309 e. The van der Waals surface area contributed by atoms with E-state index in [9.17, 15) is 4.79 Å². The average Bonchev–Trinajstić information content (AvgIpc) is 3.09. The molecule has 0 saturated heterocycles. The Morgan fingerprint density at radius 3 is 2.83 bits per heavy atom. The summed E-state index contributed by atoms with van der Waals surface area (Å²) in [6.45, 7) is 1.39. The van der Waals surface area contributed by atoms with Crippen LogP contribution >= 0.6 is 22.9 Å². The number of benzene rings is 1. The molecule has 3 aromatic rings. The number of rotatable bonds is 4. The van der Waals surface area contributed by atoms with Gasteiger partial charge in [-0.1, -0.05) is 23.7 Å². The maximum Gasteiger partial charge on any atom is 0.259 e. The van der Waals surface area contributed by atoms with E-state index in [0.29, 0.717) is 6.54 Å². The monoisotopic (exact) mass is 359 g/mol. The Morgan fingerprint density at radius 2 is 2.04 bits per heavy atom. The van der Waals surface area contributed by atoms with Gasteiger partial charge >= 0.3 is 0 Å². The van der Waals surface area contributed by atoms with Gasteiger partial charge in [0.2, 0.25) is 0 Å². The summed E-state index contributed by atoms with van der Waals surface area (Å²) in [6, 6.07) is 7.82. The van der Waals surface area contributed by atoms with Gasteiger partial charge in [-0.2, -0.15) is 0 Å². The third kappa shape index (κ3) is 2.99. The highest BCUT2D eigenvalue weighted by atomic mass is 35.5. The minimum absolute atomic E-state index is 0.00860. The van der Waals surface area contributed by atoms with Crippen LogP contribution in [0.25, 0.3) is 10.2 Å². The van der Waals surface area contributed by atoms with E-state index in [1.165, 1.54) is 16.0 Å². The molecule has 0 saturated carbocycles. The van der Waals surface area contributed by atoms with Gasteiger partial charge in [-0.15, -0.1) is 11.3 Å². The Bertz CT molecular complexity index is 945. The molecular weight excluding hydrogens is 342 g/mol. The van der Waals surface area contributed by atoms with E-state index in [0.717, 1.165) is 46.9 Å². The summed E-state index contributed by atoms with van der Waals surface area (Å²) in [7, 11) is 2.02. The highest BCUT2D eigenvalue weighted by molar-refractivity contribution is 7.18. The second-order valence-electron chi connectivity index (χ2n) is 6.35. The zero-order valence-electron chi connectivity index (χ0n) is 13.4. The largest absolute Gasteiger partial charge is 0.309 e. The van der Waals surface area contributed by atoms with Crippen LogP contribution in [0.15, 0.2) is 29.1 Å². The van der Waals surface area contributed by atoms with Crippen LogP contribution in [0, 0.1) is 0 Å². The van der Waals surface area contributed by atoms with Gasteiger partial charge in [0.1, 0.15) is 10.7 Å². The number of hydrogen-bond acceptors (Lipinski definition) is 4. The first-order valence-electron chi connectivity index (χ1n) is 8.06. The first-order valence-corrected chi connectivity index (χ1v) is 9.26. The fraction of sp³-hybridized carbons (Fsp3) is 0.333. The maximum atomic E-state index is 12.5. The third-order valence-corrected chi connectivity index (χ3v) is 5.85. The van der Waals surface area contributed by atoms with Crippen LogP contribution in [0.5, 0.6) is 0 Å². The molecule has 0 radical (unpaired) electrons. The van der Waals surface area contributed by atoms with Crippen molar-refractivity contribution in [2.75, 3.05) is 7.05 Å². The molecule has 6 heteroatoms. The van der Waals surface area contributed by atoms with Gasteiger partial charge in [0, 0.05) is 16.4 Å². The number of nitrogens with zero attached hydrogens (tertiary/aromatic N) is 2. The second-order valence-corrected chi connectivity index (χ2v) is 7.87. The minimum atomic E-state index is 0.00860. The summed E-state index contributed by atoms with van der Waals surface area (Å²) in [5, 5.41) is 1.56. The number of aromatic nitrogens is 2. The smallest absolute Gasteiger partial charge is 0.259 e. The Labute approximate surface area is 149 Å². The SMILES string of the molecule is CN(Cc1ccc(Cl)cc1)Cc1nc2sc3c(c2c(=O)[nH]1)CCC3. The topological polar surface area (TPSA) is 49.0 Å². The van der Waals surface area contributed by atoms with Crippen molar-refractivity contribution < 1.29 is 0 Å². The highest BCUT2D eigenvalue weighted by Crippen LogP contribution is 2.34. The van der Waals surface area contributed by atoms with Gasteiger partial charge in [-0.25, -0.2) is 4.98 Å². The lowest BCUT2D eigenvalue weighted by Gasteiger charge is -2.16. The summed E-state index contributed by atoms with van der Waals surface area (Å²) in [4.78, 5) is 24.5.